The molecule has 0 aliphatic carbocycles. The maximum atomic E-state index is 11.8. The van der Waals surface area contributed by atoms with Gasteiger partial charge in [0.1, 0.15) is 16.7 Å². The lowest BCUT2D eigenvalue weighted by atomic mass is 10.1. The van der Waals surface area contributed by atoms with E-state index in [4.69, 9.17) is 34.8 Å². The molecule has 1 atom stereocenters. The summed E-state index contributed by atoms with van der Waals surface area (Å²) >= 11 is 19.0. The van der Waals surface area contributed by atoms with Crippen molar-refractivity contribution in [2.45, 2.75) is 41.4 Å². The molecule has 20 heavy (non-hydrogen) atoms. The van der Waals surface area contributed by atoms with Crippen LogP contribution in [0.2, 0.25) is 0 Å². The van der Waals surface area contributed by atoms with Gasteiger partial charge < -0.3 is 5.32 Å². The number of carbonyl (C=O) groups is 1. The molecule has 1 unspecified atom stereocenters. The molecule has 0 fully saturated rings. The molecule has 0 aromatic carbocycles. The van der Waals surface area contributed by atoms with Crippen molar-refractivity contribution >= 4 is 52.5 Å². The number of nitrogens with zero attached hydrogens (tertiary/aromatic N) is 2. The van der Waals surface area contributed by atoms with Crippen molar-refractivity contribution in [3.05, 3.63) is 18.1 Å². The van der Waals surface area contributed by atoms with E-state index in [9.17, 15) is 4.79 Å². The van der Waals surface area contributed by atoms with E-state index in [0.29, 0.717) is 11.4 Å². The Morgan fingerprint density at radius 3 is 2.55 bits per heavy atom. The first-order valence-electron chi connectivity index (χ1n) is 6.00. The normalized spacial score (nSPS) is 13.3. The van der Waals surface area contributed by atoms with E-state index in [0.717, 1.165) is 5.69 Å². The Morgan fingerprint density at radius 2 is 2.05 bits per heavy atom. The Bertz CT molecular complexity index is 466. The number of nitrogens with one attached hydrogen (secondary N) is 1. The molecule has 0 bridgehead atoms. The van der Waals surface area contributed by atoms with Gasteiger partial charge in [-0.3, -0.25) is 4.79 Å². The highest BCUT2D eigenvalue weighted by atomic mass is 35.6. The average Bonchev–Trinajstić information content (AvgIpc) is 2.25. The van der Waals surface area contributed by atoms with Crippen molar-refractivity contribution in [3.63, 3.8) is 0 Å². The van der Waals surface area contributed by atoms with E-state index in [1.807, 2.05) is 20.8 Å². The first-order chi connectivity index (χ1) is 9.18. The van der Waals surface area contributed by atoms with Gasteiger partial charge in [-0.2, -0.15) is 0 Å². The number of hydrogen-bond acceptors (Lipinski definition) is 4. The van der Waals surface area contributed by atoms with E-state index in [-0.39, 0.29) is 11.8 Å². The second kappa shape index (κ2) is 7.69. The molecule has 1 amide bonds. The van der Waals surface area contributed by atoms with Crippen molar-refractivity contribution in [2.24, 2.45) is 5.92 Å². The van der Waals surface area contributed by atoms with Crippen LogP contribution in [-0.4, -0.2) is 25.0 Å². The summed E-state index contributed by atoms with van der Waals surface area (Å²) in [5, 5.41) is 2.65. The third-order valence-corrected chi connectivity index (χ3v) is 4.42. The fraction of sp³-hybridized carbons (Fsp3) is 0.583. The van der Waals surface area contributed by atoms with Gasteiger partial charge in [0.15, 0.2) is 0 Å². The smallest absolute Gasteiger partial charge is 0.221 e. The predicted octanol–water partition coefficient (Wildman–Crippen LogP) is 3.74. The van der Waals surface area contributed by atoms with Gasteiger partial charge in [0.05, 0.1) is 0 Å². The lowest BCUT2D eigenvalue weighted by molar-refractivity contribution is -0.121. The number of amides is 1. The largest absolute Gasteiger partial charge is 0.340 e. The molecule has 8 heteroatoms. The van der Waals surface area contributed by atoms with Gasteiger partial charge in [-0.1, -0.05) is 60.4 Å². The van der Waals surface area contributed by atoms with E-state index >= 15 is 0 Å². The number of halogens is 3. The van der Waals surface area contributed by atoms with Crippen LogP contribution in [0.15, 0.2) is 17.4 Å². The zero-order chi connectivity index (χ0) is 15.3. The zero-order valence-electron chi connectivity index (χ0n) is 11.4. The summed E-state index contributed by atoms with van der Waals surface area (Å²) in [6.07, 6.45) is 1.81. The van der Waals surface area contributed by atoms with Crippen LogP contribution in [0.4, 0.5) is 0 Å². The van der Waals surface area contributed by atoms with Crippen LogP contribution < -0.4 is 5.32 Å². The number of rotatable bonds is 5. The molecule has 0 aliphatic heterocycles. The maximum Gasteiger partial charge on any atom is 0.221 e. The number of carbonyl (C=O) groups excluding carboxylic acids is 1. The summed E-state index contributed by atoms with van der Waals surface area (Å²) in [6.45, 7) is 5.74. The highest BCUT2D eigenvalue weighted by molar-refractivity contribution is 8.00. The Hall–Kier alpha value is -0.230. The third kappa shape index (κ3) is 6.48. The monoisotopic (exact) mass is 355 g/mol. The number of hydrogen-bond donors (Lipinski definition) is 1. The molecule has 1 aromatic rings. The molecule has 0 radical (unpaired) electrons. The number of aromatic nitrogens is 2. The minimum Gasteiger partial charge on any atom is -0.340 e. The fourth-order valence-electron chi connectivity index (χ4n) is 1.37. The van der Waals surface area contributed by atoms with Crippen LogP contribution in [-0.2, 0) is 4.79 Å². The van der Waals surface area contributed by atoms with Gasteiger partial charge >= 0.3 is 0 Å². The summed E-state index contributed by atoms with van der Waals surface area (Å²) in [5.74, 6) is 0.0759. The lowest BCUT2D eigenvalue weighted by Gasteiger charge is -2.25. The molecule has 0 saturated heterocycles. The summed E-state index contributed by atoms with van der Waals surface area (Å²) in [6, 6.07) is 1.77. The topological polar surface area (TPSA) is 54.9 Å². The maximum absolute atomic E-state index is 11.8. The summed E-state index contributed by atoms with van der Waals surface area (Å²) in [5.41, 5.74) is 0.805. The molecule has 1 aromatic heterocycles. The fourth-order valence-corrected chi connectivity index (χ4v) is 2.85. The van der Waals surface area contributed by atoms with Gasteiger partial charge in [0.25, 0.3) is 0 Å². The summed E-state index contributed by atoms with van der Waals surface area (Å²) in [4.78, 5) is 19.9. The first-order valence-corrected chi connectivity index (χ1v) is 8.01. The van der Waals surface area contributed by atoms with Gasteiger partial charge in [0.2, 0.25) is 9.70 Å². The quantitative estimate of drug-likeness (QED) is 0.378. The Labute approximate surface area is 138 Å². The Morgan fingerprint density at radius 1 is 1.40 bits per heavy atom. The molecular weight excluding hydrogens is 341 g/mol. The van der Waals surface area contributed by atoms with Crippen LogP contribution in [0.1, 0.15) is 26.0 Å². The molecule has 1 heterocycles. The van der Waals surface area contributed by atoms with Crippen molar-refractivity contribution < 1.29 is 4.79 Å². The molecule has 4 nitrogen and oxygen atoms in total. The highest BCUT2D eigenvalue weighted by Gasteiger charge is 2.35. The second-order valence-electron chi connectivity index (χ2n) is 4.70. The highest BCUT2D eigenvalue weighted by Crippen LogP contribution is 2.38. The molecular formula is C12H16Cl3N3OS. The molecule has 0 saturated carbocycles. The summed E-state index contributed by atoms with van der Waals surface area (Å²) in [7, 11) is 0. The van der Waals surface area contributed by atoms with E-state index in [1.165, 1.54) is 18.1 Å². The molecule has 0 aliphatic rings. The van der Waals surface area contributed by atoms with Gasteiger partial charge in [-0.05, 0) is 18.9 Å². The molecule has 0 spiro atoms. The van der Waals surface area contributed by atoms with Crippen LogP contribution in [0.3, 0.4) is 0 Å². The number of aryl methyl sites for hydroxylation is 1. The van der Waals surface area contributed by atoms with Crippen molar-refractivity contribution in [2.75, 3.05) is 0 Å². The number of thioether (sulfide) groups is 1. The standard InChI is InChI=1S/C12H16Cl3N3OS/c1-7(2)4-9(19)18-11(12(13,14)15)20-10-5-8(3)16-6-17-10/h5-7,11H,4H2,1-3H3,(H,18,19). The zero-order valence-corrected chi connectivity index (χ0v) is 14.4. The molecule has 1 rings (SSSR count). The average molecular weight is 357 g/mol. The minimum atomic E-state index is -1.63. The SMILES string of the molecule is Cc1cc(SC(NC(=O)CC(C)C)C(Cl)(Cl)Cl)ncn1. The Kier molecular flexibility index (Phi) is 6.85. The van der Waals surface area contributed by atoms with Crippen LogP contribution in [0.5, 0.6) is 0 Å². The van der Waals surface area contributed by atoms with Crippen LogP contribution in [0.25, 0.3) is 0 Å². The molecule has 112 valence electrons. The minimum absolute atomic E-state index is 0.158. The lowest BCUT2D eigenvalue weighted by Crippen LogP contribution is -2.41. The van der Waals surface area contributed by atoms with Crippen molar-refractivity contribution in [3.8, 4) is 0 Å². The van der Waals surface area contributed by atoms with E-state index < -0.39 is 9.17 Å². The molecule has 1 N–H and O–H groups in total. The van der Waals surface area contributed by atoms with E-state index in [1.54, 1.807) is 6.07 Å². The summed E-state index contributed by atoms with van der Waals surface area (Å²) < 4.78 is -1.63. The Balaban J connectivity index is 2.78. The van der Waals surface area contributed by atoms with E-state index in [2.05, 4.69) is 15.3 Å². The number of alkyl halides is 3. The van der Waals surface area contributed by atoms with Crippen molar-refractivity contribution in [1.82, 2.24) is 15.3 Å². The first kappa shape index (κ1) is 17.8. The third-order valence-electron chi connectivity index (χ3n) is 2.20. The van der Waals surface area contributed by atoms with Crippen LogP contribution >= 0.6 is 46.6 Å². The second-order valence-corrected chi connectivity index (χ2v) is 8.20. The van der Waals surface area contributed by atoms with Crippen LogP contribution in [0, 0.1) is 12.8 Å². The van der Waals surface area contributed by atoms with Gasteiger partial charge in [-0.15, -0.1) is 0 Å². The van der Waals surface area contributed by atoms with Gasteiger partial charge in [0, 0.05) is 12.1 Å². The van der Waals surface area contributed by atoms with Gasteiger partial charge in [-0.25, -0.2) is 9.97 Å². The predicted molar refractivity (Wildman–Crippen MR) is 84.3 cm³/mol. The van der Waals surface area contributed by atoms with Crippen molar-refractivity contribution in [1.29, 1.82) is 0 Å².